The van der Waals surface area contributed by atoms with Crippen LogP contribution in [0.15, 0.2) is 27.8 Å². The average Bonchev–Trinajstić information content (AvgIpc) is 3.26. The Balaban J connectivity index is 1.46. The van der Waals surface area contributed by atoms with Crippen molar-refractivity contribution in [3.05, 3.63) is 35.0 Å². The maximum atomic E-state index is 14.3. The summed E-state index contributed by atoms with van der Waals surface area (Å²) in [6.45, 7) is 12.8. The number of aromatic nitrogens is 2. The van der Waals surface area contributed by atoms with Crippen LogP contribution in [0.3, 0.4) is 0 Å². The van der Waals surface area contributed by atoms with Gasteiger partial charge in [0.1, 0.15) is 6.07 Å². The Labute approximate surface area is 226 Å². The smallest absolute Gasteiger partial charge is 0.227 e. The molecule has 3 saturated carbocycles. The fourth-order valence-electron chi connectivity index (χ4n) is 10.6. The minimum absolute atomic E-state index is 0.00498. The minimum atomic E-state index is -0.627. The lowest BCUT2D eigenvalue weighted by atomic mass is 9.38. The van der Waals surface area contributed by atoms with Crippen LogP contribution in [0.2, 0.25) is 0 Å². The highest BCUT2D eigenvalue weighted by atomic mass is 16.5. The zero-order valence-corrected chi connectivity index (χ0v) is 23.8. The van der Waals surface area contributed by atoms with Crippen LogP contribution in [0.25, 0.3) is 0 Å². The van der Waals surface area contributed by atoms with Crippen LogP contribution in [-0.4, -0.2) is 21.7 Å². The van der Waals surface area contributed by atoms with Gasteiger partial charge in [-0.25, -0.2) is 0 Å². The normalized spacial score (nSPS) is 43.6. The lowest BCUT2D eigenvalue weighted by Gasteiger charge is -2.65. The molecular weight excluding hydrogens is 474 g/mol. The van der Waals surface area contributed by atoms with Gasteiger partial charge in [0.2, 0.25) is 5.89 Å². The highest BCUT2D eigenvalue weighted by Crippen LogP contribution is 2.70. The van der Waals surface area contributed by atoms with Crippen LogP contribution in [-0.2, 0) is 16.0 Å². The molecule has 38 heavy (non-hydrogen) atoms. The maximum Gasteiger partial charge on any atom is 0.227 e. The van der Waals surface area contributed by atoms with E-state index in [9.17, 15) is 14.9 Å². The number of ketones is 2. The SMILES string of the molecule is Cc1noc(CC23CCCC(C)C2C2C(=O)C=C4C5(C)C=C(C#N)C(=O)C(C)(C)C5CCC4(C)C2CC3)n1. The third kappa shape index (κ3) is 3.29. The van der Waals surface area contributed by atoms with Crippen molar-refractivity contribution in [1.82, 2.24) is 10.1 Å². The molecule has 6 nitrogen and oxygen atoms in total. The molecule has 6 rings (SSSR count). The van der Waals surface area contributed by atoms with E-state index in [1.807, 2.05) is 32.9 Å². The summed E-state index contributed by atoms with van der Waals surface area (Å²) in [7, 11) is 0. The number of nitriles is 1. The van der Waals surface area contributed by atoms with E-state index in [2.05, 4.69) is 37.0 Å². The van der Waals surface area contributed by atoms with Crippen molar-refractivity contribution in [1.29, 1.82) is 5.26 Å². The number of rotatable bonds is 2. The van der Waals surface area contributed by atoms with Crippen LogP contribution in [0.4, 0.5) is 0 Å². The minimum Gasteiger partial charge on any atom is -0.339 e. The first-order valence-electron chi connectivity index (χ1n) is 14.6. The van der Waals surface area contributed by atoms with Crippen molar-refractivity contribution in [2.75, 3.05) is 0 Å². The number of hydrogen-bond donors (Lipinski definition) is 0. The lowest BCUT2D eigenvalue weighted by Crippen LogP contribution is -2.61. The quantitative estimate of drug-likeness (QED) is 0.455. The molecule has 8 unspecified atom stereocenters. The topological polar surface area (TPSA) is 96.9 Å². The largest absolute Gasteiger partial charge is 0.339 e. The molecular formula is C32H41N3O3. The van der Waals surface area contributed by atoms with Gasteiger partial charge in [0, 0.05) is 23.2 Å². The van der Waals surface area contributed by atoms with E-state index in [1.54, 1.807) is 0 Å². The number of hydrogen-bond acceptors (Lipinski definition) is 6. The molecule has 0 radical (unpaired) electrons. The molecule has 0 bridgehead atoms. The fourth-order valence-corrected chi connectivity index (χ4v) is 10.6. The molecule has 6 heteroatoms. The molecule has 0 spiro atoms. The van der Waals surface area contributed by atoms with Crippen LogP contribution in [0.1, 0.15) is 91.3 Å². The summed E-state index contributed by atoms with van der Waals surface area (Å²) in [5.74, 6) is 2.70. The standard InChI is InChI=1S/C32H41N3O3/c1-18-8-7-11-32(16-25-34-19(2)35-38-25)13-9-21-26(27(18)32)22(36)14-24-30(21,5)12-10-23-29(3,4)28(37)20(17-33)15-31(23,24)6/h14-15,18,21,23,26-27H,7-13,16H2,1-6H3. The van der Waals surface area contributed by atoms with E-state index >= 15 is 0 Å². The van der Waals surface area contributed by atoms with E-state index in [-0.39, 0.29) is 45.7 Å². The molecule has 0 amide bonds. The Bertz CT molecular complexity index is 1310. The molecule has 0 saturated heterocycles. The molecule has 0 N–H and O–H groups in total. The molecule has 5 aliphatic carbocycles. The summed E-state index contributed by atoms with van der Waals surface area (Å²) < 4.78 is 5.62. The summed E-state index contributed by atoms with van der Waals surface area (Å²) in [6, 6.07) is 2.20. The highest BCUT2D eigenvalue weighted by molar-refractivity contribution is 6.04. The highest BCUT2D eigenvalue weighted by Gasteiger charge is 2.65. The molecule has 0 aromatic carbocycles. The van der Waals surface area contributed by atoms with Gasteiger partial charge in [-0.15, -0.1) is 0 Å². The van der Waals surface area contributed by atoms with Crippen LogP contribution in [0, 0.1) is 69.5 Å². The zero-order valence-electron chi connectivity index (χ0n) is 23.8. The first-order valence-corrected chi connectivity index (χ1v) is 14.6. The summed E-state index contributed by atoms with van der Waals surface area (Å²) in [5, 5.41) is 13.9. The Morgan fingerprint density at radius 1 is 1.11 bits per heavy atom. The van der Waals surface area contributed by atoms with Gasteiger partial charge in [0.25, 0.3) is 0 Å². The number of aryl methyl sites for hydroxylation is 1. The van der Waals surface area contributed by atoms with Crippen molar-refractivity contribution >= 4 is 11.6 Å². The second kappa shape index (κ2) is 8.23. The fraction of sp³-hybridized carbons (Fsp3) is 0.719. The Kier molecular flexibility index (Phi) is 5.57. The second-order valence-electron chi connectivity index (χ2n) is 14.3. The first-order chi connectivity index (χ1) is 17.9. The van der Waals surface area contributed by atoms with Crippen LogP contribution < -0.4 is 0 Å². The maximum absolute atomic E-state index is 14.3. The van der Waals surface area contributed by atoms with E-state index in [1.165, 1.54) is 12.0 Å². The molecule has 1 aromatic heterocycles. The van der Waals surface area contributed by atoms with Gasteiger partial charge in [0.05, 0.1) is 5.57 Å². The van der Waals surface area contributed by atoms with Crippen molar-refractivity contribution in [3.8, 4) is 6.07 Å². The molecule has 0 aliphatic heterocycles. The number of fused-ring (bicyclic) bond motifs is 7. The van der Waals surface area contributed by atoms with Gasteiger partial charge in [-0.3, -0.25) is 9.59 Å². The molecule has 8 atom stereocenters. The lowest BCUT2D eigenvalue weighted by molar-refractivity contribution is -0.149. The molecule has 202 valence electrons. The summed E-state index contributed by atoms with van der Waals surface area (Å²) in [4.78, 5) is 32.1. The van der Waals surface area contributed by atoms with E-state index in [4.69, 9.17) is 4.52 Å². The van der Waals surface area contributed by atoms with Crippen molar-refractivity contribution < 1.29 is 14.1 Å². The summed E-state index contributed by atoms with van der Waals surface area (Å²) >= 11 is 0. The Hall–Kier alpha value is -2.55. The van der Waals surface area contributed by atoms with Gasteiger partial charge in [-0.2, -0.15) is 10.2 Å². The molecule has 3 fully saturated rings. The Morgan fingerprint density at radius 3 is 2.55 bits per heavy atom. The number of Topliss-reactive ketones (excluding diaryl/α,β-unsaturated/α-hetero) is 1. The van der Waals surface area contributed by atoms with Gasteiger partial charge >= 0.3 is 0 Å². The summed E-state index contributed by atoms with van der Waals surface area (Å²) in [6.07, 6.45) is 12.1. The van der Waals surface area contributed by atoms with Crippen molar-refractivity contribution in [3.63, 3.8) is 0 Å². The third-order valence-corrected chi connectivity index (χ3v) is 12.1. The number of carbonyl (C=O) groups is 2. The number of allylic oxidation sites excluding steroid dienone is 4. The molecule has 5 aliphatic rings. The van der Waals surface area contributed by atoms with Gasteiger partial charge in [0.15, 0.2) is 17.4 Å². The van der Waals surface area contributed by atoms with Crippen molar-refractivity contribution in [2.45, 2.75) is 92.9 Å². The van der Waals surface area contributed by atoms with E-state index in [0.717, 1.165) is 44.9 Å². The van der Waals surface area contributed by atoms with E-state index < -0.39 is 10.8 Å². The average molecular weight is 516 g/mol. The van der Waals surface area contributed by atoms with Gasteiger partial charge in [-0.05, 0) is 79.6 Å². The van der Waals surface area contributed by atoms with Crippen LogP contribution >= 0.6 is 0 Å². The first kappa shape index (κ1) is 25.7. The Morgan fingerprint density at radius 2 is 1.87 bits per heavy atom. The second-order valence-corrected chi connectivity index (χ2v) is 14.3. The van der Waals surface area contributed by atoms with Crippen LogP contribution in [0.5, 0.6) is 0 Å². The molecule has 1 aromatic rings. The third-order valence-electron chi connectivity index (χ3n) is 12.1. The number of nitrogens with zero attached hydrogens (tertiary/aromatic N) is 3. The summed E-state index contributed by atoms with van der Waals surface area (Å²) in [5.41, 5.74) is 0.226. The predicted molar refractivity (Wildman–Crippen MR) is 142 cm³/mol. The predicted octanol–water partition coefficient (Wildman–Crippen LogP) is 6.36. The molecule has 1 heterocycles. The monoisotopic (exact) mass is 515 g/mol. The number of carbonyl (C=O) groups excluding carboxylic acids is 2. The zero-order chi connectivity index (χ0) is 27.3. The van der Waals surface area contributed by atoms with E-state index in [0.29, 0.717) is 23.6 Å². The van der Waals surface area contributed by atoms with Gasteiger partial charge in [-0.1, -0.05) is 64.3 Å². The van der Waals surface area contributed by atoms with Crippen molar-refractivity contribution in [2.24, 2.45) is 51.2 Å². The van der Waals surface area contributed by atoms with Gasteiger partial charge < -0.3 is 4.52 Å².